The van der Waals surface area contributed by atoms with Crippen molar-refractivity contribution in [3.05, 3.63) is 10.6 Å². The lowest BCUT2D eigenvalue weighted by Crippen LogP contribution is -2.50. The smallest absolute Gasteiger partial charge is 0.330 e. The van der Waals surface area contributed by atoms with Crippen LogP contribution in [0.1, 0.15) is 30.3 Å². The number of hydrogen-bond acceptors (Lipinski definition) is 5. The predicted octanol–water partition coefficient (Wildman–Crippen LogP) is 2.91. The predicted molar refractivity (Wildman–Crippen MR) is 82.3 cm³/mol. The fourth-order valence-electron chi connectivity index (χ4n) is 2.30. The molecule has 7 heteroatoms. The van der Waals surface area contributed by atoms with Crippen molar-refractivity contribution < 1.29 is 9.53 Å². The van der Waals surface area contributed by atoms with Crippen LogP contribution in [0.2, 0.25) is 0 Å². The van der Waals surface area contributed by atoms with Crippen LogP contribution in [0.15, 0.2) is 0 Å². The number of amides is 2. The van der Waals surface area contributed by atoms with Crippen molar-refractivity contribution in [1.82, 2.24) is 9.88 Å². The zero-order chi connectivity index (χ0) is 13.9. The Labute approximate surface area is 127 Å². The average molecular weight is 313 g/mol. The van der Waals surface area contributed by atoms with E-state index in [-0.39, 0.29) is 6.03 Å². The van der Waals surface area contributed by atoms with Crippen molar-refractivity contribution in [3.63, 3.8) is 0 Å². The molecule has 0 spiro atoms. The maximum atomic E-state index is 12.5. The first-order chi connectivity index (χ1) is 9.79. The fourth-order valence-corrected chi connectivity index (χ4v) is 4.50. The van der Waals surface area contributed by atoms with Crippen molar-refractivity contribution in [1.29, 1.82) is 0 Å². The lowest BCUT2D eigenvalue weighted by atomic mass is 10.3. The number of thiazole rings is 1. The molecule has 0 N–H and O–H groups in total. The first-order valence-corrected chi connectivity index (χ1v) is 8.97. The van der Waals surface area contributed by atoms with Crippen LogP contribution in [0, 0.1) is 0 Å². The molecule has 1 aromatic rings. The van der Waals surface area contributed by atoms with Crippen molar-refractivity contribution >= 4 is 34.3 Å². The third-order valence-corrected chi connectivity index (χ3v) is 5.75. The summed E-state index contributed by atoms with van der Waals surface area (Å²) in [5.41, 5.74) is 1.17. The van der Waals surface area contributed by atoms with Gasteiger partial charge in [-0.2, -0.15) is 11.8 Å². The highest BCUT2D eigenvalue weighted by Crippen LogP contribution is 2.34. The Kier molecular flexibility index (Phi) is 4.48. The van der Waals surface area contributed by atoms with Crippen LogP contribution in [0.5, 0.6) is 0 Å². The Morgan fingerprint density at radius 3 is 3.10 bits per heavy atom. The molecular weight excluding hydrogens is 294 g/mol. The average Bonchev–Trinajstić information content (AvgIpc) is 2.90. The van der Waals surface area contributed by atoms with Gasteiger partial charge in [0.25, 0.3) is 0 Å². The Bertz CT molecular complexity index is 468. The number of aromatic nitrogens is 1. The van der Waals surface area contributed by atoms with Gasteiger partial charge < -0.3 is 9.64 Å². The number of anilines is 1. The molecular formula is C13H19N3O2S2. The van der Waals surface area contributed by atoms with Crippen LogP contribution >= 0.6 is 23.1 Å². The molecule has 0 saturated carbocycles. The molecule has 3 heterocycles. The molecule has 110 valence electrons. The largest absolute Gasteiger partial charge is 0.340 e. The summed E-state index contributed by atoms with van der Waals surface area (Å²) < 4.78 is 5.54. The van der Waals surface area contributed by atoms with E-state index in [1.807, 2.05) is 11.8 Å². The second kappa shape index (κ2) is 6.32. The van der Waals surface area contributed by atoms with E-state index in [9.17, 15) is 4.79 Å². The lowest BCUT2D eigenvalue weighted by Gasteiger charge is -2.33. The molecule has 2 aliphatic rings. The number of unbranched alkanes of at least 4 members (excludes halogenated alkanes) is 1. The van der Waals surface area contributed by atoms with Gasteiger partial charge in [-0.15, -0.1) is 11.3 Å². The minimum atomic E-state index is 0.0310. The molecule has 20 heavy (non-hydrogen) atoms. The summed E-state index contributed by atoms with van der Waals surface area (Å²) in [5.74, 6) is 2.15. The van der Waals surface area contributed by atoms with Gasteiger partial charge in [0, 0.05) is 17.2 Å². The molecule has 0 radical (unpaired) electrons. The molecule has 1 saturated heterocycles. The topological polar surface area (TPSA) is 45.7 Å². The van der Waals surface area contributed by atoms with Crippen LogP contribution in [-0.2, 0) is 16.9 Å². The minimum absolute atomic E-state index is 0.0310. The van der Waals surface area contributed by atoms with Crippen molar-refractivity contribution in [2.45, 2.75) is 31.9 Å². The molecule has 0 unspecified atom stereocenters. The number of thioether (sulfide) groups is 1. The van der Waals surface area contributed by atoms with Crippen LogP contribution in [0.3, 0.4) is 0 Å². The SMILES string of the molecule is CCCCN1COCN(c2nc3c(s2)CSCC3)C1=O. The van der Waals surface area contributed by atoms with E-state index in [0.717, 1.165) is 42.4 Å². The molecule has 1 fully saturated rings. The number of carbonyl (C=O) groups is 1. The van der Waals surface area contributed by atoms with Crippen LogP contribution < -0.4 is 4.90 Å². The number of ether oxygens (including phenoxy) is 1. The molecule has 0 aromatic carbocycles. The molecule has 3 rings (SSSR count). The Balaban J connectivity index is 1.75. The van der Waals surface area contributed by atoms with Crippen molar-refractivity contribution in [3.8, 4) is 0 Å². The van der Waals surface area contributed by atoms with Gasteiger partial charge in [-0.25, -0.2) is 14.7 Å². The van der Waals surface area contributed by atoms with Gasteiger partial charge in [-0.1, -0.05) is 13.3 Å². The third kappa shape index (κ3) is 2.80. The molecule has 0 atom stereocenters. The van der Waals surface area contributed by atoms with Crippen LogP contribution in [0.25, 0.3) is 0 Å². The van der Waals surface area contributed by atoms with Gasteiger partial charge in [0.05, 0.1) is 5.69 Å². The molecule has 0 aliphatic carbocycles. The Morgan fingerprint density at radius 2 is 2.30 bits per heavy atom. The van der Waals surface area contributed by atoms with Gasteiger partial charge in [0.1, 0.15) is 13.5 Å². The minimum Gasteiger partial charge on any atom is -0.340 e. The normalized spacial score (nSPS) is 19.4. The number of urea groups is 1. The lowest BCUT2D eigenvalue weighted by molar-refractivity contribution is 0.0239. The Morgan fingerprint density at radius 1 is 1.40 bits per heavy atom. The summed E-state index contributed by atoms with van der Waals surface area (Å²) >= 11 is 3.57. The number of nitrogens with zero attached hydrogens (tertiary/aromatic N) is 3. The van der Waals surface area contributed by atoms with Gasteiger partial charge in [0.15, 0.2) is 5.13 Å². The van der Waals surface area contributed by atoms with E-state index in [0.29, 0.717) is 13.5 Å². The van der Waals surface area contributed by atoms with Crippen LogP contribution in [0.4, 0.5) is 9.93 Å². The number of fused-ring (bicyclic) bond motifs is 1. The first kappa shape index (κ1) is 14.2. The number of carbonyl (C=O) groups excluding carboxylic acids is 1. The maximum Gasteiger partial charge on any atom is 0.330 e. The molecule has 5 nitrogen and oxygen atoms in total. The Hall–Kier alpha value is -0.790. The maximum absolute atomic E-state index is 12.5. The highest BCUT2D eigenvalue weighted by molar-refractivity contribution is 7.98. The number of rotatable bonds is 4. The highest BCUT2D eigenvalue weighted by Gasteiger charge is 2.30. The van der Waals surface area contributed by atoms with E-state index < -0.39 is 0 Å². The second-order valence-corrected chi connectivity index (χ2v) is 7.13. The summed E-state index contributed by atoms with van der Waals surface area (Å²) in [4.78, 5) is 21.9. The van der Waals surface area contributed by atoms with E-state index >= 15 is 0 Å². The fraction of sp³-hybridized carbons (Fsp3) is 0.692. The highest BCUT2D eigenvalue weighted by atomic mass is 32.2. The zero-order valence-electron chi connectivity index (χ0n) is 11.6. The standard InChI is InChI=1S/C13H19N3O2S2/c1-2-3-5-15-8-18-9-16(13(15)17)12-14-10-4-6-19-7-11(10)20-12/h2-9H2,1H3. The van der Waals surface area contributed by atoms with E-state index in [1.54, 1.807) is 21.1 Å². The van der Waals surface area contributed by atoms with Gasteiger partial charge in [-0.3, -0.25) is 0 Å². The second-order valence-electron chi connectivity index (χ2n) is 4.96. The molecule has 0 bridgehead atoms. The van der Waals surface area contributed by atoms with Gasteiger partial charge in [-0.05, 0) is 18.6 Å². The zero-order valence-corrected chi connectivity index (χ0v) is 13.3. The summed E-state index contributed by atoms with van der Waals surface area (Å²) in [5, 5.41) is 0.795. The van der Waals surface area contributed by atoms with Crippen molar-refractivity contribution in [2.75, 3.05) is 30.7 Å². The van der Waals surface area contributed by atoms with Crippen molar-refractivity contribution in [2.24, 2.45) is 0 Å². The van der Waals surface area contributed by atoms with E-state index in [1.165, 1.54) is 10.6 Å². The van der Waals surface area contributed by atoms with E-state index in [2.05, 4.69) is 11.9 Å². The first-order valence-electron chi connectivity index (χ1n) is 7.00. The summed E-state index contributed by atoms with van der Waals surface area (Å²) in [6.07, 6.45) is 3.10. The quantitative estimate of drug-likeness (QED) is 0.857. The molecule has 2 aliphatic heterocycles. The van der Waals surface area contributed by atoms with Crippen LogP contribution in [-0.4, -0.2) is 41.7 Å². The molecule has 2 amide bonds. The van der Waals surface area contributed by atoms with Gasteiger partial charge >= 0.3 is 6.03 Å². The number of aryl methyl sites for hydroxylation is 1. The summed E-state index contributed by atoms with van der Waals surface area (Å²) in [6, 6.07) is 0.0310. The molecule has 1 aromatic heterocycles. The number of hydrogen-bond donors (Lipinski definition) is 0. The summed E-state index contributed by atoms with van der Waals surface area (Å²) in [6.45, 7) is 3.60. The monoisotopic (exact) mass is 313 g/mol. The third-order valence-electron chi connectivity index (χ3n) is 3.46. The van der Waals surface area contributed by atoms with Gasteiger partial charge in [0.2, 0.25) is 0 Å². The summed E-state index contributed by atoms with van der Waals surface area (Å²) in [7, 11) is 0. The van der Waals surface area contributed by atoms with E-state index in [4.69, 9.17) is 4.74 Å².